The highest BCUT2D eigenvalue weighted by molar-refractivity contribution is 6.74. The van der Waals surface area contributed by atoms with Crippen molar-refractivity contribution in [2.24, 2.45) is 0 Å². The van der Waals surface area contributed by atoms with E-state index in [4.69, 9.17) is 18.6 Å². The van der Waals surface area contributed by atoms with Crippen molar-refractivity contribution in [3.63, 3.8) is 0 Å². The van der Waals surface area contributed by atoms with Crippen molar-refractivity contribution < 1.29 is 18.6 Å². The Bertz CT molecular complexity index is 619. The molecule has 0 atom stereocenters. The molecule has 0 radical (unpaired) electrons. The Morgan fingerprint density at radius 2 is 1.73 bits per heavy atom. The van der Waals surface area contributed by atoms with E-state index in [-0.39, 0.29) is 5.04 Å². The Morgan fingerprint density at radius 1 is 1.08 bits per heavy atom. The Morgan fingerprint density at radius 3 is 2.27 bits per heavy atom. The van der Waals surface area contributed by atoms with Crippen molar-refractivity contribution in [3.8, 4) is 17.6 Å². The SMILES string of the molecule is COc1ccc(C(OC)OC)c(C#CCCCO[Si](C)(C)C(C)(C)C)c1. The lowest BCUT2D eigenvalue weighted by Crippen LogP contribution is -2.40. The number of rotatable bonds is 8. The van der Waals surface area contributed by atoms with Crippen LogP contribution in [-0.2, 0) is 13.9 Å². The number of unbranched alkanes of at least 4 members (excludes halogenated alkanes) is 1. The molecule has 0 aromatic heterocycles. The van der Waals surface area contributed by atoms with Gasteiger partial charge < -0.3 is 18.6 Å². The molecule has 0 bridgehead atoms. The van der Waals surface area contributed by atoms with Crippen LogP contribution in [0.5, 0.6) is 5.75 Å². The number of hydrogen-bond donors (Lipinski definition) is 0. The lowest BCUT2D eigenvalue weighted by Gasteiger charge is -2.36. The van der Waals surface area contributed by atoms with E-state index >= 15 is 0 Å². The van der Waals surface area contributed by atoms with Crippen LogP contribution < -0.4 is 4.74 Å². The summed E-state index contributed by atoms with van der Waals surface area (Å²) >= 11 is 0. The van der Waals surface area contributed by atoms with E-state index in [0.29, 0.717) is 0 Å². The third-order valence-electron chi connectivity index (χ3n) is 4.88. The first-order chi connectivity index (χ1) is 12.2. The minimum Gasteiger partial charge on any atom is -0.497 e. The molecule has 0 saturated heterocycles. The quantitative estimate of drug-likeness (QED) is 0.272. The minimum absolute atomic E-state index is 0.240. The zero-order valence-corrected chi connectivity index (χ0v) is 18.6. The average molecular weight is 379 g/mol. The summed E-state index contributed by atoms with van der Waals surface area (Å²) in [5.41, 5.74) is 1.77. The van der Waals surface area contributed by atoms with E-state index in [1.807, 2.05) is 18.2 Å². The maximum absolute atomic E-state index is 6.19. The van der Waals surface area contributed by atoms with Crippen LogP contribution in [0.25, 0.3) is 0 Å². The fraction of sp³-hybridized carbons (Fsp3) is 0.619. The van der Waals surface area contributed by atoms with Crippen LogP contribution in [0.1, 0.15) is 51.0 Å². The summed E-state index contributed by atoms with van der Waals surface area (Å²) < 4.78 is 22.2. The van der Waals surface area contributed by atoms with E-state index < -0.39 is 14.6 Å². The first kappa shape index (κ1) is 22.7. The van der Waals surface area contributed by atoms with Crippen LogP contribution in [0.2, 0.25) is 18.1 Å². The lowest BCUT2D eigenvalue weighted by molar-refractivity contribution is -0.106. The largest absolute Gasteiger partial charge is 0.497 e. The second kappa shape index (κ2) is 10.1. The second-order valence-electron chi connectivity index (χ2n) is 7.77. The predicted molar refractivity (Wildman–Crippen MR) is 109 cm³/mol. The molecule has 26 heavy (non-hydrogen) atoms. The monoisotopic (exact) mass is 378 g/mol. The lowest BCUT2D eigenvalue weighted by atomic mass is 10.1. The van der Waals surface area contributed by atoms with Crippen molar-refractivity contribution in [2.45, 2.75) is 58.0 Å². The molecule has 0 N–H and O–H groups in total. The van der Waals surface area contributed by atoms with Gasteiger partial charge in [-0.15, -0.1) is 0 Å². The Kier molecular flexibility index (Phi) is 8.85. The van der Waals surface area contributed by atoms with Gasteiger partial charge in [0, 0.05) is 38.4 Å². The van der Waals surface area contributed by atoms with Crippen LogP contribution in [0.3, 0.4) is 0 Å². The molecular weight excluding hydrogens is 344 g/mol. The van der Waals surface area contributed by atoms with E-state index in [0.717, 1.165) is 36.3 Å². The maximum Gasteiger partial charge on any atom is 0.191 e. The molecule has 0 spiro atoms. The summed E-state index contributed by atoms with van der Waals surface area (Å²) in [6.07, 6.45) is 1.28. The van der Waals surface area contributed by atoms with Crippen molar-refractivity contribution in [1.29, 1.82) is 0 Å². The summed E-state index contributed by atoms with van der Waals surface area (Å²) in [5, 5.41) is 0.240. The molecule has 1 rings (SSSR count). The number of ether oxygens (including phenoxy) is 3. The van der Waals surface area contributed by atoms with Crippen molar-refractivity contribution in [2.75, 3.05) is 27.9 Å². The summed E-state index contributed by atoms with van der Waals surface area (Å²) in [5.74, 6) is 7.24. The number of benzene rings is 1. The molecule has 1 aromatic rings. The first-order valence-electron chi connectivity index (χ1n) is 9.02. The van der Waals surface area contributed by atoms with Gasteiger partial charge in [0.2, 0.25) is 0 Å². The van der Waals surface area contributed by atoms with Crippen LogP contribution in [-0.4, -0.2) is 36.3 Å². The molecule has 0 saturated carbocycles. The third kappa shape index (κ3) is 6.44. The van der Waals surface area contributed by atoms with Crippen LogP contribution in [0.15, 0.2) is 18.2 Å². The van der Waals surface area contributed by atoms with Crippen molar-refractivity contribution >= 4 is 8.32 Å². The van der Waals surface area contributed by atoms with Gasteiger partial charge in [-0.25, -0.2) is 0 Å². The van der Waals surface area contributed by atoms with Gasteiger partial charge >= 0.3 is 0 Å². The average Bonchev–Trinajstić information content (AvgIpc) is 2.58. The summed E-state index contributed by atoms with van der Waals surface area (Å²) in [6.45, 7) is 12.1. The molecule has 1 aromatic carbocycles. The standard InChI is InChI=1S/C21H34O4Si/c1-21(2,3)26(7,8)25-15-11-9-10-12-17-16-18(22-4)13-14-19(17)20(23-5)24-6/h13-14,16,20H,9,11,15H2,1-8H3. The molecule has 0 amide bonds. The minimum atomic E-state index is -1.67. The predicted octanol–water partition coefficient (Wildman–Crippen LogP) is 5.14. The number of methoxy groups -OCH3 is 3. The highest BCUT2D eigenvalue weighted by atomic mass is 28.4. The highest BCUT2D eigenvalue weighted by Crippen LogP contribution is 2.36. The summed E-state index contributed by atoms with van der Waals surface area (Å²) in [4.78, 5) is 0. The molecule has 146 valence electrons. The van der Waals surface area contributed by atoms with Gasteiger partial charge in [0.25, 0.3) is 0 Å². The van der Waals surface area contributed by atoms with Crippen LogP contribution >= 0.6 is 0 Å². The van der Waals surface area contributed by atoms with Crippen molar-refractivity contribution in [1.82, 2.24) is 0 Å². The molecule has 0 aliphatic rings. The van der Waals surface area contributed by atoms with Gasteiger partial charge in [0.15, 0.2) is 14.6 Å². The van der Waals surface area contributed by atoms with Gasteiger partial charge in [0.05, 0.1) is 7.11 Å². The van der Waals surface area contributed by atoms with Gasteiger partial charge in [-0.2, -0.15) is 0 Å². The first-order valence-corrected chi connectivity index (χ1v) is 11.9. The normalized spacial score (nSPS) is 12.0. The Labute approximate surface area is 160 Å². The van der Waals surface area contributed by atoms with E-state index in [1.165, 1.54) is 0 Å². The van der Waals surface area contributed by atoms with E-state index in [1.54, 1.807) is 21.3 Å². The van der Waals surface area contributed by atoms with Gasteiger partial charge in [-0.05, 0) is 42.8 Å². The van der Waals surface area contributed by atoms with Crippen LogP contribution in [0.4, 0.5) is 0 Å². The number of hydrogen-bond acceptors (Lipinski definition) is 4. The zero-order valence-electron chi connectivity index (χ0n) is 17.6. The van der Waals surface area contributed by atoms with Gasteiger partial charge in [-0.1, -0.05) is 32.6 Å². The third-order valence-corrected chi connectivity index (χ3v) is 9.42. The molecule has 0 heterocycles. The highest BCUT2D eigenvalue weighted by Gasteiger charge is 2.36. The second-order valence-corrected chi connectivity index (χ2v) is 12.6. The van der Waals surface area contributed by atoms with Crippen LogP contribution in [0, 0.1) is 11.8 Å². The summed E-state index contributed by atoms with van der Waals surface area (Å²) in [6, 6.07) is 5.74. The smallest absolute Gasteiger partial charge is 0.191 e. The molecular formula is C21H34O4Si. The summed E-state index contributed by atoms with van der Waals surface area (Å²) in [7, 11) is 3.21. The molecule has 4 nitrogen and oxygen atoms in total. The maximum atomic E-state index is 6.19. The fourth-order valence-corrected chi connectivity index (χ4v) is 3.28. The molecule has 0 fully saturated rings. The Balaban J connectivity index is 2.72. The van der Waals surface area contributed by atoms with Gasteiger partial charge in [-0.3, -0.25) is 0 Å². The Hall–Kier alpha value is -1.32. The van der Waals surface area contributed by atoms with E-state index in [9.17, 15) is 0 Å². The van der Waals surface area contributed by atoms with Crippen molar-refractivity contribution in [3.05, 3.63) is 29.3 Å². The molecule has 0 aliphatic heterocycles. The molecule has 0 unspecified atom stereocenters. The zero-order chi connectivity index (χ0) is 19.8. The molecule has 5 heteroatoms. The molecule has 0 aliphatic carbocycles. The topological polar surface area (TPSA) is 36.9 Å². The van der Waals surface area contributed by atoms with Gasteiger partial charge in [0.1, 0.15) is 5.75 Å². The van der Waals surface area contributed by atoms with E-state index in [2.05, 4.69) is 45.7 Å². The fourth-order valence-electron chi connectivity index (χ4n) is 2.19.